The molecule has 0 fully saturated rings. The largest absolute Gasteiger partial charge is 0.256 e. The molecule has 13 heavy (non-hydrogen) atoms. The Morgan fingerprint density at radius 1 is 1.08 bits per heavy atom. The fraction of sp³-hybridized carbons (Fsp3) is 0. The van der Waals surface area contributed by atoms with E-state index in [0.717, 1.165) is 16.3 Å². The molecule has 0 bridgehead atoms. The van der Waals surface area contributed by atoms with Crippen molar-refractivity contribution in [3.05, 3.63) is 53.7 Å². The van der Waals surface area contributed by atoms with Gasteiger partial charge in [0.15, 0.2) is 0 Å². The fourth-order valence-electron chi connectivity index (χ4n) is 1.11. The van der Waals surface area contributed by atoms with Crippen molar-refractivity contribution in [2.45, 2.75) is 0 Å². The zero-order valence-corrected chi connectivity index (χ0v) is 7.62. The second-order valence-corrected chi connectivity index (χ2v) is 3.09. The van der Waals surface area contributed by atoms with Gasteiger partial charge in [-0.05, 0) is 18.2 Å². The Morgan fingerprint density at radius 2 is 1.85 bits per heavy atom. The third kappa shape index (κ3) is 1.87. The Kier molecular flexibility index (Phi) is 2.28. The van der Waals surface area contributed by atoms with E-state index >= 15 is 0 Å². The Morgan fingerprint density at radius 3 is 2.46 bits per heavy atom. The first-order valence-corrected chi connectivity index (χ1v) is 4.32. The number of rotatable bonds is 1. The summed E-state index contributed by atoms with van der Waals surface area (Å²) in [5, 5.41) is 0.742. The maximum atomic E-state index is 5.77. The third-order valence-electron chi connectivity index (χ3n) is 1.76. The Hall–Kier alpha value is -1.34. The molecule has 0 saturated heterocycles. The molecule has 0 aliphatic carbocycles. The molecule has 0 aliphatic rings. The van der Waals surface area contributed by atoms with Crippen LogP contribution in [0.25, 0.3) is 11.3 Å². The summed E-state index contributed by atoms with van der Waals surface area (Å²) in [6.07, 6.45) is 1.66. The summed E-state index contributed by atoms with van der Waals surface area (Å²) in [5.74, 6) is 0. The molecule has 63 valence electrons. The van der Waals surface area contributed by atoms with E-state index in [2.05, 4.69) is 11.1 Å². The average Bonchev–Trinajstić information content (AvgIpc) is 2.20. The van der Waals surface area contributed by atoms with E-state index in [-0.39, 0.29) is 0 Å². The van der Waals surface area contributed by atoms with Gasteiger partial charge < -0.3 is 0 Å². The summed E-state index contributed by atoms with van der Waals surface area (Å²) in [4.78, 5) is 4.18. The van der Waals surface area contributed by atoms with Crippen molar-refractivity contribution in [2.24, 2.45) is 0 Å². The summed E-state index contributed by atoms with van der Waals surface area (Å²) in [6.45, 7) is 0. The highest BCUT2D eigenvalue weighted by Crippen LogP contribution is 2.18. The van der Waals surface area contributed by atoms with Crippen LogP contribution in [-0.2, 0) is 0 Å². The van der Waals surface area contributed by atoms with Crippen LogP contribution in [0.4, 0.5) is 0 Å². The summed E-state index contributed by atoms with van der Waals surface area (Å²) >= 11 is 5.77. The third-order valence-corrected chi connectivity index (χ3v) is 2.01. The molecule has 0 atom stereocenters. The van der Waals surface area contributed by atoms with Crippen LogP contribution in [-0.4, -0.2) is 4.98 Å². The monoisotopic (exact) mass is 188 g/mol. The molecule has 1 heterocycles. The first-order chi connectivity index (χ1) is 6.36. The molecule has 0 aliphatic heterocycles. The molecule has 2 heteroatoms. The predicted molar refractivity (Wildman–Crippen MR) is 53.5 cm³/mol. The normalized spacial score (nSPS) is 9.92. The Bertz CT molecular complexity index is 381. The van der Waals surface area contributed by atoms with Crippen molar-refractivity contribution in [1.82, 2.24) is 4.98 Å². The SMILES string of the molecule is Clc1ccc(-c2cc[c]cn2)cc1. The Balaban J connectivity index is 2.42. The first-order valence-electron chi connectivity index (χ1n) is 3.94. The van der Waals surface area contributed by atoms with E-state index in [0.29, 0.717) is 0 Å². The zero-order chi connectivity index (χ0) is 9.10. The molecule has 1 radical (unpaired) electrons. The van der Waals surface area contributed by atoms with E-state index in [1.165, 1.54) is 0 Å². The van der Waals surface area contributed by atoms with Crippen LogP contribution >= 0.6 is 11.6 Å². The van der Waals surface area contributed by atoms with Crippen molar-refractivity contribution in [3.8, 4) is 11.3 Å². The molecule has 0 amide bonds. The maximum Gasteiger partial charge on any atom is 0.0702 e. The van der Waals surface area contributed by atoms with Crippen LogP contribution in [0, 0.1) is 6.07 Å². The van der Waals surface area contributed by atoms with Crippen molar-refractivity contribution in [2.75, 3.05) is 0 Å². The van der Waals surface area contributed by atoms with Gasteiger partial charge >= 0.3 is 0 Å². The molecule has 0 unspecified atom stereocenters. The number of hydrogen-bond donors (Lipinski definition) is 0. The first kappa shape index (κ1) is 8.27. The molecule has 0 spiro atoms. The minimum Gasteiger partial charge on any atom is -0.256 e. The zero-order valence-electron chi connectivity index (χ0n) is 6.87. The van der Waals surface area contributed by atoms with Crippen molar-refractivity contribution in [1.29, 1.82) is 0 Å². The highest BCUT2D eigenvalue weighted by atomic mass is 35.5. The van der Waals surface area contributed by atoms with Gasteiger partial charge in [-0.2, -0.15) is 0 Å². The minimum absolute atomic E-state index is 0.742. The number of benzene rings is 1. The highest BCUT2D eigenvalue weighted by Gasteiger charge is 1.96. The number of pyridine rings is 1. The van der Waals surface area contributed by atoms with Gasteiger partial charge in [-0.1, -0.05) is 29.8 Å². The van der Waals surface area contributed by atoms with Gasteiger partial charge in [0.1, 0.15) is 0 Å². The van der Waals surface area contributed by atoms with Crippen LogP contribution in [0.5, 0.6) is 0 Å². The van der Waals surface area contributed by atoms with E-state index in [1.54, 1.807) is 6.20 Å². The molecule has 1 aromatic heterocycles. The van der Waals surface area contributed by atoms with E-state index in [4.69, 9.17) is 11.6 Å². The fourth-order valence-corrected chi connectivity index (χ4v) is 1.24. The molecular formula is C11H7ClN. The lowest BCUT2D eigenvalue weighted by atomic mass is 10.1. The number of aromatic nitrogens is 1. The number of halogens is 1. The lowest BCUT2D eigenvalue weighted by Crippen LogP contribution is -1.80. The van der Waals surface area contributed by atoms with Gasteiger partial charge in [0, 0.05) is 22.8 Å². The van der Waals surface area contributed by atoms with E-state index in [9.17, 15) is 0 Å². The second-order valence-electron chi connectivity index (χ2n) is 2.65. The predicted octanol–water partition coefficient (Wildman–Crippen LogP) is 3.20. The second kappa shape index (κ2) is 3.58. The van der Waals surface area contributed by atoms with Crippen LogP contribution in [0.2, 0.25) is 5.02 Å². The van der Waals surface area contributed by atoms with Crippen molar-refractivity contribution in [3.63, 3.8) is 0 Å². The summed E-state index contributed by atoms with van der Waals surface area (Å²) in [6, 6.07) is 14.3. The quantitative estimate of drug-likeness (QED) is 0.670. The van der Waals surface area contributed by atoms with Crippen LogP contribution < -0.4 is 0 Å². The van der Waals surface area contributed by atoms with Crippen LogP contribution in [0.15, 0.2) is 42.6 Å². The summed E-state index contributed by atoms with van der Waals surface area (Å²) < 4.78 is 0. The molecule has 1 aromatic carbocycles. The smallest absolute Gasteiger partial charge is 0.0702 e. The van der Waals surface area contributed by atoms with Gasteiger partial charge in [-0.3, -0.25) is 4.98 Å². The maximum absolute atomic E-state index is 5.77. The van der Waals surface area contributed by atoms with Gasteiger partial charge in [-0.15, -0.1) is 0 Å². The average molecular weight is 189 g/mol. The summed E-state index contributed by atoms with van der Waals surface area (Å²) in [7, 11) is 0. The number of nitrogens with zero attached hydrogens (tertiary/aromatic N) is 1. The van der Waals surface area contributed by atoms with Gasteiger partial charge in [-0.25, -0.2) is 0 Å². The van der Waals surface area contributed by atoms with Gasteiger partial charge in [0.25, 0.3) is 0 Å². The molecule has 1 nitrogen and oxygen atoms in total. The van der Waals surface area contributed by atoms with Crippen LogP contribution in [0.3, 0.4) is 0 Å². The standard InChI is InChI=1S/C11H7ClN/c12-10-6-4-9(5-7-10)11-3-1-2-8-13-11/h1,3-8H. The lowest BCUT2D eigenvalue weighted by molar-refractivity contribution is 1.32. The Labute approximate surface area is 82.0 Å². The van der Waals surface area contributed by atoms with Crippen molar-refractivity contribution < 1.29 is 0 Å². The lowest BCUT2D eigenvalue weighted by Gasteiger charge is -1.98. The van der Waals surface area contributed by atoms with Gasteiger partial charge in [0.05, 0.1) is 5.69 Å². The topological polar surface area (TPSA) is 12.9 Å². The minimum atomic E-state index is 0.742. The van der Waals surface area contributed by atoms with E-state index < -0.39 is 0 Å². The summed E-state index contributed by atoms with van der Waals surface area (Å²) in [5.41, 5.74) is 2.01. The van der Waals surface area contributed by atoms with Crippen molar-refractivity contribution >= 4 is 11.6 Å². The molecular weight excluding hydrogens is 182 g/mol. The van der Waals surface area contributed by atoms with E-state index in [1.807, 2.05) is 36.4 Å². The molecule has 0 saturated carbocycles. The highest BCUT2D eigenvalue weighted by molar-refractivity contribution is 6.30. The molecule has 0 N–H and O–H groups in total. The van der Waals surface area contributed by atoms with Crippen LogP contribution in [0.1, 0.15) is 0 Å². The molecule has 2 rings (SSSR count). The molecule has 2 aromatic rings. The van der Waals surface area contributed by atoms with Gasteiger partial charge in [0.2, 0.25) is 0 Å². The number of hydrogen-bond acceptors (Lipinski definition) is 1.